The summed E-state index contributed by atoms with van der Waals surface area (Å²) in [6.45, 7) is 0. The molecule has 3 rings (SSSR count). The Balaban J connectivity index is 2.44. The Morgan fingerprint density at radius 2 is 2.25 bits per heavy atom. The summed E-state index contributed by atoms with van der Waals surface area (Å²) in [5.41, 5.74) is 6.47. The normalized spacial score (nSPS) is 28.0. The molecule has 1 saturated carbocycles. The standard InChI is InChI=1S/C8H6/c1-2-7-5(1)3-6-4-8(6)7/h1,3H,2,4H2. The van der Waals surface area contributed by atoms with E-state index in [-0.39, 0.29) is 0 Å². The fraction of sp³-hybridized carbons (Fsp3) is 0.250. The van der Waals surface area contributed by atoms with Gasteiger partial charge in [0.1, 0.15) is 0 Å². The molecule has 0 aromatic carbocycles. The fourth-order valence-electron chi connectivity index (χ4n) is 1.54. The predicted octanol–water partition coefficient (Wildman–Crippen LogP) is 1.96. The largest absolute Gasteiger partial charge is 0.0725 e. The Hall–Kier alpha value is -0.780. The van der Waals surface area contributed by atoms with Crippen LogP contribution in [0.25, 0.3) is 0 Å². The topological polar surface area (TPSA) is 0 Å². The van der Waals surface area contributed by atoms with Crippen LogP contribution < -0.4 is 0 Å². The van der Waals surface area contributed by atoms with Crippen LogP contribution in [-0.4, -0.2) is 0 Å². The van der Waals surface area contributed by atoms with Crippen LogP contribution in [0.15, 0.2) is 34.4 Å². The van der Waals surface area contributed by atoms with E-state index in [1.165, 1.54) is 18.4 Å². The van der Waals surface area contributed by atoms with Gasteiger partial charge in [-0.25, -0.2) is 0 Å². The summed E-state index contributed by atoms with van der Waals surface area (Å²) in [5.74, 6) is 0. The lowest BCUT2D eigenvalue weighted by atomic mass is 9.93. The van der Waals surface area contributed by atoms with Crippen LogP contribution >= 0.6 is 0 Å². The molecule has 0 heteroatoms. The molecule has 8 heavy (non-hydrogen) atoms. The SMILES string of the molecule is C1=C2C=C3CC3=C2C1. The average Bonchev–Trinajstić information content (AvgIpc) is 2.34. The minimum Gasteiger partial charge on any atom is -0.0725 e. The second kappa shape index (κ2) is 0.732. The van der Waals surface area contributed by atoms with Crippen molar-refractivity contribution in [2.75, 3.05) is 0 Å². The molecular weight excluding hydrogens is 96.1 g/mol. The molecule has 3 aliphatic rings. The third-order valence-corrected chi connectivity index (χ3v) is 2.20. The summed E-state index contributed by atoms with van der Waals surface area (Å²) in [5, 5.41) is 0. The highest BCUT2D eigenvalue weighted by molar-refractivity contribution is 5.73. The molecule has 0 saturated heterocycles. The minimum atomic E-state index is 1.25. The van der Waals surface area contributed by atoms with Gasteiger partial charge in [-0.15, -0.1) is 0 Å². The van der Waals surface area contributed by atoms with Crippen LogP contribution in [0.3, 0.4) is 0 Å². The van der Waals surface area contributed by atoms with Crippen molar-refractivity contribution in [2.24, 2.45) is 0 Å². The lowest BCUT2D eigenvalue weighted by Crippen LogP contribution is -1.93. The maximum absolute atomic E-state index is 2.33. The molecule has 0 bridgehead atoms. The average molecular weight is 102 g/mol. The van der Waals surface area contributed by atoms with Crippen LogP contribution in [0, 0.1) is 0 Å². The third-order valence-electron chi connectivity index (χ3n) is 2.20. The van der Waals surface area contributed by atoms with Gasteiger partial charge in [0.15, 0.2) is 0 Å². The van der Waals surface area contributed by atoms with Crippen molar-refractivity contribution in [3.05, 3.63) is 34.4 Å². The molecule has 0 amide bonds. The van der Waals surface area contributed by atoms with Gasteiger partial charge >= 0.3 is 0 Å². The van der Waals surface area contributed by atoms with Crippen LogP contribution in [-0.2, 0) is 0 Å². The van der Waals surface area contributed by atoms with Crippen molar-refractivity contribution < 1.29 is 0 Å². The van der Waals surface area contributed by atoms with E-state index in [0.717, 1.165) is 0 Å². The molecule has 0 aliphatic heterocycles. The summed E-state index contributed by atoms with van der Waals surface area (Å²) in [6.07, 6.45) is 7.20. The molecule has 0 aromatic rings. The van der Waals surface area contributed by atoms with E-state index in [9.17, 15) is 0 Å². The van der Waals surface area contributed by atoms with Crippen LogP contribution in [0.4, 0.5) is 0 Å². The number of hydrogen-bond donors (Lipinski definition) is 0. The quantitative estimate of drug-likeness (QED) is 0.438. The van der Waals surface area contributed by atoms with Crippen molar-refractivity contribution in [3.8, 4) is 0 Å². The Kier molecular flexibility index (Phi) is 0.301. The van der Waals surface area contributed by atoms with E-state index in [2.05, 4.69) is 12.2 Å². The first-order chi connectivity index (χ1) is 3.95. The molecule has 0 N–H and O–H groups in total. The molecule has 0 spiro atoms. The Bertz CT molecular complexity index is 262. The summed E-state index contributed by atoms with van der Waals surface area (Å²) < 4.78 is 0. The monoisotopic (exact) mass is 102 g/mol. The van der Waals surface area contributed by atoms with E-state index < -0.39 is 0 Å². The van der Waals surface area contributed by atoms with Gasteiger partial charge in [-0.3, -0.25) is 0 Å². The van der Waals surface area contributed by atoms with E-state index in [0.29, 0.717) is 0 Å². The second-order valence-corrected chi connectivity index (χ2v) is 2.67. The zero-order valence-corrected chi connectivity index (χ0v) is 4.57. The molecule has 0 unspecified atom stereocenters. The third kappa shape index (κ3) is 0.188. The molecule has 0 nitrogen and oxygen atoms in total. The first kappa shape index (κ1) is 3.29. The van der Waals surface area contributed by atoms with E-state index in [1.807, 2.05) is 0 Å². The van der Waals surface area contributed by atoms with Gasteiger partial charge in [-0.05, 0) is 35.1 Å². The summed E-state index contributed by atoms with van der Waals surface area (Å²) in [7, 11) is 0. The summed E-state index contributed by atoms with van der Waals surface area (Å²) in [4.78, 5) is 0. The summed E-state index contributed by atoms with van der Waals surface area (Å²) in [6, 6.07) is 0. The number of hydrogen-bond acceptors (Lipinski definition) is 0. The Morgan fingerprint density at radius 3 is 2.62 bits per heavy atom. The first-order valence-electron chi connectivity index (χ1n) is 3.08. The van der Waals surface area contributed by atoms with Crippen LogP contribution in [0.2, 0.25) is 0 Å². The number of fused-ring (bicyclic) bond motifs is 2. The zero-order valence-electron chi connectivity index (χ0n) is 4.57. The molecule has 0 radical (unpaired) electrons. The number of allylic oxidation sites excluding steroid dienone is 6. The fourth-order valence-corrected chi connectivity index (χ4v) is 1.54. The molecule has 38 valence electrons. The van der Waals surface area contributed by atoms with Gasteiger partial charge in [0.25, 0.3) is 0 Å². The maximum atomic E-state index is 2.33. The molecule has 0 heterocycles. The molecular formula is C8H6. The zero-order chi connectivity index (χ0) is 5.14. The van der Waals surface area contributed by atoms with E-state index in [4.69, 9.17) is 0 Å². The van der Waals surface area contributed by atoms with Crippen LogP contribution in [0.5, 0.6) is 0 Å². The Morgan fingerprint density at radius 1 is 1.25 bits per heavy atom. The van der Waals surface area contributed by atoms with Crippen molar-refractivity contribution in [1.29, 1.82) is 0 Å². The van der Waals surface area contributed by atoms with Gasteiger partial charge in [-0.2, -0.15) is 0 Å². The smallest absolute Gasteiger partial charge is 0.00167 e. The first-order valence-corrected chi connectivity index (χ1v) is 3.08. The molecule has 0 atom stereocenters. The number of rotatable bonds is 0. The van der Waals surface area contributed by atoms with Gasteiger partial charge in [0.2, 0.25) is 0 Å². The highest BCUT2D eigenvalue weighted by Gasteiger charge is 2.34. The van der Waals surface area contributed by atoms with Crippen molar-refractivity contribution in [2.45, 2.75) is 12.8 Å². The molecule has 0 aromatic heterocycles. The van der Waals surface area contributed by atoms with Gasteiger partial charge in [0, 0.05) is 0 Å². The lowest BCUT2D eigenvalue weighted by Gasteiger charge is -2.11. The minimum absolute atomic E-state index is 1.25. The van der Waals surface area contributed by atoms with Gasteiger partial charge in [0.05, 0.1) is 0 Å². The highest BCUT2D eigenvalue weighted by Crippen LogP contribution is 2.52. The van der Waals surface area contributed by atoms with Gasteiger partial charge in [-0.1, -0.05) is 12.2 Å². The van der Waals surface area contributed by atoms with Crippen LogP contribution in [0.1, 0.15) is 12.8 Å². The Labute approximate surface area is 48.2 Å². The predicted molar refractivity (Wildman–Crippen MR) is 32.4 cm³/mol. The summed E-state index contributed by atoms with van der Waals surface area (Å²) >= 11 is 0. The lowest BCUT2D eigenvalue weighted by molar-refractivity contribution is 1.13. The molecule has 1 fully saturated rings. The maximum Gasteiger partial charge on any atom is -0.00167 e. The van der Waals surface area contributed by atoms with E-state index in [1.54, 1.807) is 16.7 Å². The second-order valence-electron chi connectivity index (χ2n) is 2.67. The molecule has 3 aliphatic carbocycles. The van der Waals surface area contributed by atoms with Crippen molar-refractivity contribution >= 4 is 0 Å². The van der Waals surface area contributed by atoms with Gasteiger partial charge < -0.3 is 0 Å². The van der Waals surface area contributed by atoms with E-state index >= 15 is 0 Å². The van der Waals surface area contributed by atoms with Crippen molar-refractivity contribution in [1.82, 2.24) is 0 Å². The highest BCUT2D eigenvalue weighted by atomic mass is 14.4. The van der Waals surface area contributed by atoms with Crippen molar-refractivity contribution in [3.63, 3.8) is 0 Å².